The summed E-state index contributed by atoms with van der Waals surface area (Å²) in [4.78, 5) is 35.5. The number of amides is 2. The number of methoxy groups -OCH3 is 1. The van der Waals surface area contributed by atoms with E-state index >= 15 is 0 Å². The molecular weight excluding hydrogens is 384 g/mol. The molecule has 0 aliphatic heterocycles. The molecule has 7 nitrogen and oxygen atoms in total. The Morgan fingerprint density at radius 2 is 1.63 bits per heavy atom. The van der Waals surface area contributed by atoms with Crippen molar-refractivity contribution in [2.45, 2.75) is 12.5 Å². The van der Waals surface area contributed by atoms with Gasteiger partial charge in [-0.05, 0) is 47.0 Å². The van der Waals surface area contributed by atoms with Gasteiger partial charge in [-0.25, -0.2) is 4.79 Å². The number of nitrogens with one attached hydrogen (secondary N) is 2. The van der Waals surface area contributed by atoms with Crippen LogP contribution in [-0.4, -0.2) is 36.5 Å². The fraction of sp³-hybridized carbons (Fsp3) is 0.174. The Hall–Kier alpha value is -3.71. The highest BCUT2D eigenvalue weighted by Crippen LogP contribution is 2.25. The van der Waals surface area contributed by atoms with Crippen LogP contribution >= 0.6 is 0 Å². The van der Waals surface area contributed by atoms with E-state index in [1.807, 2.05) is 42.5 Å². The molecule has 0 aromatic heterocycles. The number of hydrogen-bond acceptors (Lipinski definition) is 5. The van der Waals surface area contributed by atoms with E-state index in [1.54, 1.807) is 0 Å². The molecule has 0 spiro atoms. The molecule has 3 aromatic rings. The van der Waals surface area contributed by atoms with E-state index in [9.17, 15) is 19.5 Å². The quantitative estimate of drug-likeness (QED) is 0.431. The van der Waals surface area contributed by atoms with Crippen molar-refractivity contribution in [3.8, 4) is 0 Å². The molecule has 2 amide bonds. The van der Waals surface area contributed by atoms with Gasteiger partial charge in [-0.3, -0.25) is 9.59 Å². The molecule has 0 aliphatic rings. The second kappa shape index (κ2) is 9.67. The first kappa shape index (κ1) is 21.0. The Kier molecular flexibility index (Phi) is 6.77. The molecule has 0 radical (unpaired) electrons. The van der Waals surface area contributed by atoms with Crippen molar-refractivity contribution in [3.05, 3.63) is 77.9 Å². The minimum atomic E-state index is -0.833. The van der Waals surface area contributed by atoms with Crippen LogP contribution in [0.15, 0.2) is 66.7 Å². The number of rotatable bonds is 6. The number of anilines is 1. The Bertz CT molecular complexity index is 1060. The summed E-state index contributed by atoms with van der Waals surface area (Å²) >= 11 is 0. The lowest BCUT2D eigenvalue weighted by atomic mass is 9.99. The lowest BCUT2D eigenvalue weighted by Crippen LogP contribution is -2.36. The molecule has 154 valence electrons. The summed E-state index contributed by atoms with van der Waals surface area (Å²) in [7, 11) is 1.28. The second-order valence-corrected chi connectivity index (χ2v) is 6.65. The molecule has 3 rings (SSSR count). The highest BCUT2D eigenvalue weighted by atomic mass is 16.5. The first-order valence-electron chi connectivity index (χ1n) is 9.43. The summed E-state index contributed by atoms with van der Waals surface area (Å²) < 4.78 is 4.60. The van der Waals surface area contributed by atoms with Crippen molar-refractivity contribution in [3.63, 3.8) is 0 Å². The van der Waals surface area contributed by atoms with Crippen LogP contribution in [0.5, 0.6) is 0 Å². The van der Waals surface area contributed by atoms with Gasteiger partial charge in [0.05, 0.1) is 18.8 Å². The molecule has 0 bridgehead atoms. The third-order valence-electron chi connectivity index (χ3n) is 4.66. The molecule has 3 aromatic carbocycles. The number of fused-ring (bicyclic) bond motifs is 1. The number of ether oxygens (including phenoxy) is 1. The van der Waals surface area contributed by atoms with Crippen LogP contribution in [0.2, 0.25) is 0 Å². The summed E-state index contributed by atoms with van der Waals surface area (Å²) in [6, 6.07) is 19.4. The summed E-state index contributed by atoms with van der Waals surface area (Å²) in [5, 5.41) is 17.4. The molecule has 0 heterocycles. The second-order valence-electron chi connectivity index (χ2n) is 6.65. The first-order valence-corrected chi connectivity index (χ1v) is 9.43. The normalized spacial score (nSPS) is 11.5. The molecule has 0 fully saturated rings. The van der Waals surface area contributed by atoms with Gasteiger partial charge < -0.3 is 20.5 Å². The Labute approximate surface area is 173 Å². The Morgan fingerprint density at radius 3 is 2.37 bits per heavy atom. The summed E-state index contributed by atoms with van der Waals surface area (Å²) in [5.74, 6) is -2.13. The Morgan fingerprint density at radius 1 is 0.933 bits per heavy atom. The number of carbonyl (C=O) groups excluding carboxylic acids is 3. The maximum Gasteiger partial charge on any atom is 0.337 e. The smallest absolute Gasteiger partial charge is 0.337 e. The lowest BCUT2D eigenvalue weighted by molar-refractivity contribution is -0.136. The van der Waals surface area contributed by atoms with Gasteiger partial charge in [0.1, 0.15) is 0 Å². The van der Waals surface area contributed by atoms with Crippen LogP contribution in [0, 0.1) is 0 Å². The third-order valence-corrected chi connectivity index (χ3v) is 4.66. The highest BCUT2D eigenvalue weighted by Gasteiger charge is 2.16. The van der Waals surface area contributed by atoms with Crippen molar-refractivity contribution >= 4 is 34.2 Å². The van der Waals surface area contributed by atoms with Crippen molar-refractivity contribution in [1.29, 1.82) is 0 Å². The van der Waals surface area contributed by atoms with E-state index < -0.39 is 23.9 Å². The zero-order valence-electron chi connectivity index (χ0n) is 16.4. The summed E-state index contributed by atoms with van der Waals surface area (Å²) in [6.45, 7) is 0.137. The largest absolute Gasteiger partial charge is 0.465 e. The predicted molar refractivity (Wildman–Crippen MR) is 113 cm³/mol. The van der Waals surface area contributed by atoms with Crippen molar-refractivity contribution in [1.82, 2.24) is 5.32 Å². The first-order chi connectivity index (χ1) is 14.5. The molecule has 3 N–H and O–H groups in total. The van der Waals surface area contributed by atoms with E-state index in [1.165, 1.54) is 31.4 Å². The number of aliphatic hydroxyl groups is 1. The standard InChI is InChI=1S/C23H22N2O5/c1-30-23(29)16-9-11-17(12-10-16)25-22(28)21(27)24-14-13-20(26)19-8-4-6-15-5-2-3-7-18(15)19/h2-12,20,26H,13-14H2,1H3,(H,24,27)(H,25,28). The average molecular weight is 406 g/mol. The van der Waals surface area contributed by atoms with E-state index in [-0.39, 0.29) is 13.0 Å². The van der Waals surface area contributed by atoms with Gasteiger partial charge in [0.2, 0.25) is 0 Å². The van der Waals surface area contributed by atoms with E-state index in [2.05, 4.69) is 15.4 Å². The fourth-order valence-corrected chi connectivity index (χ4v) is 3.09. The van der Waals surface area contributed by atoms with E-state index in [0.717, 1.165) is 16.3 Å². The molecule has 0 saturated heterocycles. The van der Waals surface area contributed by atoms with Crippen LogP contribution < -0.4 is 10.6 Å². The van der Waals surface area contributed by atoms with Crippen LogP contribution in [0.25, 0.3) is 10.8 Å². The van der Waals surface area contributed by atoms with Crippen LogP contribution in [0.3, 0.4) is 0 Å². The van der Waals surface area contributed by atoms with E-state index in [0.29, 0.717) is 11.3 Å². The monoisotopic (exact) mass is 406 g/mol. The summed E-state index contributed by atoms with van der Waals surface area (Å²) in [5.41, 5.74) is 1.48. The number of aliphatic hydroxyl groups excluding tert-OH is 1. The minimum absolute atomic E-state index is 0.137. The van der Waals surface area contributed by atoms with Gasteiger partial charge in [-0.2, -0.15) is 0 Å². The molecule has 1 unspecified atom stereocenters. The molecule has 7 heteroatoms. The highest BCUT2D eigenvalue weighted by molar-refractivity contribution is 6.39. The average Bonchev–Trinajstić information content (AvgIpc) is 2.78. The zero-order valence-corrected chi connectivity index (χ0v) is 16.4. The molecule has 1 atom stereocenters. The fourth-order valence-electron chi connectivity index (χ4n) is 3.09. The Balaban J connectivity index is 1.51. The number of benzene rings is 3. The van der Waals surface area contributed by atoms with Gasteiger partial charge in [-0.1, -0.05) is 42.5 Å². The van der Waals surface area contributed by atoms with Crippen molar-refractivity contribution in [2.75, 3.05) is 19.0 Å². The zero-order chi connectivity index (χ0) is 21.5. The van der Waals surface area contributed by atoms with Crippen molar-refractivity contribution < 1.29 is 24.2 Å². The molecule has 0 saturated carbocycles. The van der Waals surface area contributed by atoms with Gasteiger partial charge in [-0.15, -0.1) is 0 Å². The molecule has 30 heavy (non-hydrogen) atoms. The van der Waals surface area contributed by atoms with Gasteiger partial charge >= 0.3 is 17.8 Å². The number of carbonyl (C=O) groups is 3. The van der Waals surface area contributed by atoms with Crippen LogP contribution in [-0.2, 0) is 14.3 Å². The summed E-state index contributed by atoms with van der Waals surface area (Å²) in [6.07, 6.45) is -0.508. The van der Waals surface area contributed by atoms with Gasteiger partial charge in [0.25, 0.3) is 0 Å². The van der Waals surface area contributed by atoms with Gasteiger partial charge in [0.15, 0.2) is 0 Å². The molecule has 0 aliphatic carbocycles. The van der Waals surface area contributed by atoms with Gasteiger partial charge in [0, 0.05) is 12.2 Å². The van der Waals surface area contributed by atoms with Crippen molar-refractivity contribution in [2.24, 2.45) is 0 Å². The lowest BCUT2D eigenvalue weighted by Gasteiger charge is -2.14. The van der Waals surface area contributed by atoms with Crippen LogP contribution in [0.4, 0.5) is 5.69 Å². The van der Waals surface area contributed by atoms with E-state index in [4.69, 9.17) is 0 Å². The minimum Gasteiger partial charge on any atom is -0.465 e. The van der Waals surface area contributed by atoms with Crippen LogP contribution in [0.1, 0.15) is 28.4 Å². The topological polar surface area (TPSA) is 105 Å². The number of hydrogen-bond donors (Lipinski definition) is 3. The maximum absolute atomic E-state index is 12.0. The molecular formula is C23H22N2O5. The third kappa shape index (κ3) is 5.01. The maximum atomic E-state index is 12.0. The predicted octanol–water partition coefficient (Wildman–Crippen LogP) is 2.80. The SMILES string of the molecule is COC(=O)c1ccc(NC(=O)C(=O)NCCC(O)c2cccc3ccccc23)cc1. The number of esters is 1.